The Hall–Kier alpha value is -1.85. The molecule has 1 heterocycles. The number of hydrogen-bond donors (Lipinski definition) is 2. The molecule has 0 atom stereocenters. The predicted molar refractivity (Wildman–Crippen MR) is 48.8 cm³/mol. The van der Waals surface area contributed by atoms with Gasteiger partial charge in [-0.3, -0.25) is 4.79 Å². The first-order valence-electron chi connectivity index (χ1n) is 4.21. The van der Waals surface area contributed by atoms with Crippen molar-refractivity contribution in [1.82, 2.24) is 9.78 Å². The lowest BCUT2D eigenvalue weighted by Crippen LogP contribution is -2.23. The highest BCUT2D eigenvalue weighted by molar-refractivity contribution is 6.36. The highest BCUT2D eigenvalue weighted by atomic mass is 16.4. The van der Waals surface area contributed by atoms with Crippen LogP contribution in [-0.4, -0.2) is 26.8 Å². The molecular weight excluding hydrogens is 186 g/mol. The SMILES string of the molecule is CCCn1nccc1NC(=O)C(=O)O. The third kappa shape index (κ3) is 2.32. The molecule has 0 saturated heterocycles. The van der Waals surface area contributed by atoms with Crippen LogP contribution in [0.2, 0.25) is 0 Å². The number of nitrogens with one attached hydrogen (secondary N) is 1. The summed E-state index contributed by atoms with van der Waals surface area (Å²) in [6.45, 7) is 2.60. The lowest BCUT2D eigenvalue weighted by molar-refractivity contribution is -0.147. The first-order valence-corrected chi connectivity index (χ1v) is 4.21. The van der Waals surface area contributed by atoms with Gasteiger partial charge in [-0.1, -0.05) is 6.92 Å². The summed E-state index contributed by atoms with van der Waals surface area (Å²) in [4.78, 5) is 21.1. The minimum Gasteiger partial charge on any atom is -0.474 e. The lowest BCUT2D eigenvalue weighted by Gasteiger charge is -2.05. The molecule has 1 aromatic heterocycles. The molecule has 1 rings (SSSR count). The summed E-state index contributed by atoms with van der Waals surface area (Å²) in [7, 11) is 0. The van der Waals surface area contributed by atoms with Crippen molar-refractivity contribution in [2.24, 2.45) is 0 Å². The van der Waals surface area contributed by atoms with Gasteiger partial charge in [-0.2, -0.15) is 5.10 Å². The maximum Gasteiger partial charge on any atom is 0.394 e. The van der Waals surface area contributed by atoms with E-state index >= 15 is 0 Å². The number of amides is 1. The molecule has 0 unspecified atom stereocenters. The molecular formula is C8H11N3O3. The molecule has 1 amide bonds. The third-order valence-electron chi connectivity index (χ3n) is 1.59. The summed E-state index contributed by atoms with van der Waals surface area (Å²) < 4.78 is 1.54. The maximum absolute atomic E-state index is 10.8. The van der Waals surface area contributed by atoms with Crippen LogP contribution in [0.15, 0.2) is 12.3 Å². The zero-order chi connectivity index (χ0) is 10.6. The van der Waals surface area contributed by atoms with E-state index in [0.717, 1.165) is 6.42 Å². The monoisotopic (exact) mass is 197 g/mol. The van der Waals surface area contributed by atoms with E-state index in [9.17, 15) is 9.59 Å². The van der Waals surface area contributed by atoms with Crippen molar-refractivity contribution in [1.29, 1.82) is 0 Å². The molecule has 0 bridgehead atoms. The van der Waals surface area contributed by atoms with E-state index in [1.165, 1.54) is 6.20 Å². The number of aryl methyl sites for hydroxylation is 1. The highest BCUT2D eigenvalue weighted by Gasteiger charge is 2.13. The number of carbonyl (C=O) groups excluding carboxylic acids is 1. The third-order valence-corrected chi connectivity index (χ3v) is 1.59. The molecule has 0 aromatic carbocycles. The largest absolute Gasteiger partial charge is 0.474 e. The van der Waals surface area contributed by atoms with Gasteiger partial charge < -0.3 is 10.4 Å². The Balaban J connectivity index is 2.71. The standard InChI is InChI=1S/C8H11N3O3/c1-2-5-11-6(3-4-9-11)10-7(12)8(13)14/h3-4H,2,5H2,1H3,(H,10,12)(H,13,14). The summed E-state index contributed by atoms with van der Waals surface area (Å²) in [5.41, 5.74) is 0. The average Bonchev–Trinajstić information content (AvgIpc) is 2.53. The van der Waals surface area contributed by atoms with Crippen LogP contribution in [0.25, 0.3) is 0 Å². The van der Waals surface area contributed by atoms with Crippen molar-refractivity contribution in [3.8, 4) is 0 Å². The number of rotatable bonds is 3. The quantitative estimate of drug-likeness (QED) is 0.683. The van der Waals surface area contributed by atoms with Crippen LogP contribution in [0.5, 0.6) is 0 Å². The Morgan fingerprint density at radius 1 is 1.64 bits per heavy atom. The van der Waals surface area contributed by atoms with E-state index < -0.39 is 11.9 Å². The topological polar surface area (TPSA) is 84.2 Å². The van der Waals surface area contributed by atoms with Crippen LogP contribution < -0.4 is 5.32 Å². The smallest absolute Gasteiger partial charge is 0.394 e. The fourth-order valence-corrected chi connectivity index (χ4v) is 0.999. The van der Waals surface area contributed by atoms with Gasteiger partial charge in [0.25, 0.3) is 0 Å². The molecule has 0 aliphatic carbocycles. The molecule has 0 spiro atoms. The van der Waals surface area contributed by atoms with Crippen molar-refractivity contribution in [3.05, 3.63) is 12.3 Å². The number of hydrogen-bond acceptors (Lipinski definition) is 3. The van der Waals surface area contributed by atoms with Crippen LogP contribution in [0, 0.1) is 0 Å². The average molecular weight is 197 g/mol. The van der Waals surface area contributed by atoms with Crippen LogP contribution in [0.3, 0.4) is 0 Å². The minimum atomic E-state index is -1.51. The molecule has 6 heteroatoms. The molecule has 1 aromatic rings. The molecule has 0 radical (unpaired) electrons. The number of carboxylic acid groups (broad SMARTS) is 1. The number of nitrogens with zero attached hydrogens (tertiary/aromatic N) is 2. The van der Waals surface area contributed by atoms with Gasteiger partial charge in [-0.15, -0.1) is 0 Å². The van der Waals surface area contributed by atoms with Gasteiger partial charge in [-0.25, -0.2) is 9.48 Å². The Morgan fingerprint density at radius 2 is 2.36 bits per heavy atom. The molecule has 0 aliphatic rings. The van der Waals surface area contributed by atoms with Crippen LogP contribution >= 0.6 is 0 Å². The summed E-state index contributed by atoms with van der Waals surface area (Å²) >= 11 is 0. The Kier molecular flexibility index (Phi) is 3.22. The van der Waals surface area contributed by atoms with Gasteiger partial charge in [-0.05, 0) is 6.42 Å². The number of anilines is 1. The second-order valence-electron chi connectivity index (χ2n) is 2.70. The molecule has 6 nitrogen and oxygen atoms in total. The normalized spacial score (nSPS) is 9.79. The van der Waals surface area contributed by atoms with Crippen LogP contribution in [-0.2, 0) is 16.1 Å². The van der Waals surface area contributed by atoms with Crippen LogP contribution in [0.1, 0.15) is 13.3 Å². The summed E-state index contributed by atoms with van der Waals surface area (Å²) in [6.07, 6.45) is 2.37. The second kappa shape index (κ2) is 4.40. The fourth-order valence-electron chi connectivity index (χ4n) is 0.999. The first-order chi connectivity index (χ1) is 6.65. The van der Waals surface area contributed by atoms with Gasteiger partial charge in [0, 0.05) is 12.6 Å². The fraction of sp³-hybridized carbons (Fsp3) is 0.375. The van der Waals surface area contributed by atoms with Gasteiger partial charge >= 0.3 is 11.9 Å². The number of aromatic nitrogens is 2. The zero-order valence-electron chi connectivity index (χ0n) is 7.73. The van der Waals surface area contributed by atoms with E-state index in [1.54, 1.807) is 10.7 Å². The first kappa shape index (κ1) is 10.2. The minimum absolute atomic E-state index is 0.402. The Bertz CT molecular complexity index is 345. The summed E-state index contributed by atoms with van der Waals surface area (Å²) in [5.74, 6) is -2.16. The maximum atomic E-state index is 10.8. The molecule has 76 valence electrons. The predicted octanol–water partition coefficient (Wildman–Crippen LogP) is 0.316. The van der Waals surface area contributed by atoms with E-state index in [0.29, 0.717) is 12.4 Å². The van der Waals surface area contributed by atoms with Gasteiger partial charge in [0.05, 0.1) is 6.20 Å². The highest BCUT2D eigenvalue weighted by Crippen LogP contribution is 2.06. The molecule has 14 heavy (non-hydrogen) atoms. The Labute approximate surface area is 80.5 Å². The number of carboxylic acids is 1. The van der Waals surface area contributed by atoms with E-state index in [1.807, 2.05) is 6.92 Å². The van der Waals surface area contributed by atoms with Gasteiger partial charge in [0.15, 0.2) is 0 Å². The van der Waals surface area contributed by atoms with Crippen molar-refractivity contribution >= 4 is 17.7 Å². The van der Waals surface area contributed by atoms with E-state index in [4.69, 9.17) is 5.11 Å². The lowest BCUT2D eigenvalue weighted by atomic mass is 10.5. The zero-order valence-corrected chi connectivity index (χ0v) is 7.73. The van der Waals surface area contributed by atoms with Crippen LogP contribution in [0.4, 0.5) is 5.82 Å². The Morgan fingerprint density at radius 3 is 2.93 bits per heavy atom. The molecule has 2 N–H and O–H groups in total. The molecule has 0 aliphatic heterocycles. The number of aliphatic carboxylic acids is 1. The van der Waals surface area contributed by atoms with Crippen molar-refractivity contribution in [3.63, 3.8) is 0 Å². The summed E-state index contributed by atoms with van der Waals surface area (Å²) in [5, 5.41) is 14.5. The number of carbonyl (C=O) groups is 2. The van der Waals surface area contributed by atoms with Crippen molar-refractivity contribution in [2.75, 3.05) is 5.32 Å². The molecule has 0 fully saturated rings. The van der Waals surface area contributed by atoms with Crippen molar-refractivity contribution in [2.45, 2.75) is 19.9 Å². The van der Waals surface area contributed by atoms with Gasteiger partial charge in [0.1, 0.15) is 5.82 Å². The summed E-state index contributed by atoms with van der Waals surface area (Å²) in [6, 6.07) is 1.55. The van der Waals surface area contributed by atoms with E-state index in [-0.39, 0.29) is 0 Å². The van der Waals surface area contributed by atoms with Crippen molar-refractivity contribution < 1.29 is 14.7 Å². The van der Waals surface area contributed by atoms with Gasteiger partial charge in [0.2, 0.25) is 0 Å². The second-order valence-corrected chi connectivity index (χ2v) is 2.70. The molecule has 0 saturated carbocycles. The van der Waals surface area contributed by atoms with E-state index in [2.05, 4.69) is 10.4 Å².